The predicted molar refractivity (Wildman–Crippen MR) is 117 cm³/mol. The molecule has 0 heterocycles. The molecule has 2 rings (SSSR count). The molecule has 2 aliphatic carbocycles. The van der Waals surface area contributed by atoms with E-state index < -0.39 is 6.10 Å². The molecule has 0 bridgehead atoms. The topological polar surface area (TPSA) is 60.8 Å². The second kappa shape index (κ2) is 11.1. The highest BCUT2D eigenvalue weighted by Gasteiger charge is 2.44. The van der Waals surface area contributed by atoms with E-state index in [0.717, 1.165) is 25.0 Å². The molecular weight excluding hydrogens is 370 g/mol. The number of hydrogen-bond donors (Lipinski definition) is 2. The summed E-state index contributed by atoms with van der Waals surface area (Å²) >= 11 is 1.65. The molecule has 0 aromatic rings. The van der Waals surface area contributed by atoms with Crippen molar-refractivity contribution < 1.29 is 15.0 Å². The molecule has 0 spiro atoms. The molecule has 2 aliphatic rings. The summed E-state index contributed by atoms with van der Waals surface area (Å²) in [5.41, 5.74) is 1.46. The van der Waals surface area contributed by atoms with Gasteiger partial charge in [0.25, 0.3) is 0 Å². The van der Waals surface area contributed by atoms with Crippen LogP contribution in [0.4, 0.5) is 0 Å². The highest BCUT2D eigenvalue weighted by atomic mass is 32.2. The van der Waals surface area contributed by atoms with Gasteiger partial charge in [0.15, 0.2) is 0 Å². The van der Waals surface area contributed by atoms with Gasteiger partial charge >= 0.3 is 0 Å². The lowest BCUT2D eigenvalue weighted by atomic mass is 9.89. The van der Waals surface area contributed by atoms with Crippen molar-refractivity contribution in [3.8, 4) is 11.8 Å². The van der Waals surface area contributed by atoms with Gasteiger partial charge in [0.2, 0.25) is 5.91 Å². The second-order valence-electron chi connectivity index (χ2n) is 8.36. The predicted octanol–water partition coefficient (Wildman–Crippen LogP) is 3.11. The van der Waals surface area contributed by atoms with Gasteiger partial charge in [0.1, 0.15) is 0 Å². The Bertz CT molecular complexity index is 646. The Labute approximate surface area is 174 Å². The van der Waals surface area contributed by atoms with Gasteiger partial charge in [-0.15, -0.1) is 23.6 Å². The van der Waals surface area contributed by atoms with E-state index in [-0.39, 0.29) is 23.8 Å². The number of amides is 1. The quantitative estimate of drug-likeness (QED) is 0.370. The van der Waals surface area contributed by atoms with Crippen LogP contribution in [0.1, 0.15) is 39.5 Å². The van der Waals surface area contributed by atoms with Crippen LogP contribution in [0.2, 0.25) is 0 Å². The van der Waals surface area contributed by atoms with Crippen LogP contribution in [0.3, 0.4) is 0 Å². The number of aliphatic hydroxyl groups excluding tert-OH is 2. The van der Waals surface area contributed by atoms with Crippen LogP contribution in [0.5, 0.6) is 0 Å². The van der Waals surface area contributed by atoms with Crippen LogP contribution in [-0.4, -0.2) is 58.8 Å². The van der Waals surface area contributed by atoms with Crippen LogP contribution in [-0.2, 0) is 4.79 Å². The summed E-state index contributed by atoms with van der Waals surface area (Å²) in [5.74, 6) is 8.64. The Balaban J connectivity index is 1.86. The van der Waals surface area contributed by atoms with Gasteiger partial charge in [0, 0.05) is 32.2 Å². The smallest absolute Gasteiger partial charge is 0.232 e. The molecule has 1 amide bonds. The third-order valence-corrected chi connectivity index (χ3v) is 6.89. The Kier molecular flexibility index (Phi) is 9.14. The number of aliphatic hydroxyl groups is 2. The maximum Gasteiger partial charge on any atom is 0.232 e. The van der Waals surface area contributed by atoms with Crippen molar-refractivity contribution in [3.05, 3.63) is 23.8 Å². The number of rotatable bonds is 8. The number of hydrogen-bond acceptors (Lipinski definition) is 4. The summed E-state index contributed by atoms with van der Waals surface area (Å²) in [6.07, 6.45) is 8.96. The van der Waals surface area contributed by atoms with Gasteiger partial charge in [0.05, 0.1) is 18.0 Å². The summed E-state index contributed by atoms with van der Waals surface area (Å²) < 4.78 is 0. The van der Waals surface area contributed by atoms with E-state index in [4.69, 9.17) is 0 Å². The first kappa shape index (κ1) is 23.1. The SMILES string of the molecule is CC#CC[C@@H](C)[C@H](O)C=C[C@@H]1[C@H]2CC(=CCSCC(=O)N(C)C)C[C@H]2C[C@H]1O. The average Bonchev–Trinajstić information content (AvgIpc) is 3.17. The van der Waals surface area contributed by atoms with Crippen LogP contribution >= 0.6 is 11.8 Å². The minimum Gasteiger partial charge on any atom is -0.392 e. The maximum atomic E-state index is 11.6. The summed E-state index contributed by atoms with van der Waals surface area (Å²) in [6.45, 7) is 3.82. The van der Waals surface area contributed by atoms with Crippen molar-refractivity contribution in [3.63, 3.8) is 0 Å². The fourth-order valence-corrected chi connectivity index (χ4v) is 5.11. The van der Waals surface area contributed by atoms with Crippen molar-refractivity contribution in [1.82, 2.24) is 4.90 Å². The molecule has 0 aromatic carbocycles. The summed E-state index contributed by atoms with van der Waals surface area (Å²) in [4.78, 5) is 13.3. The second-order valence-corrected chi connectivity index (χ2v) is 9.39. The molecule has 0 aromatic heterocycles. The molecule has 5 heteroatoms. The zero-order valence-corrected chi connectivity index (χ0v) is 18.4. The van der Waals surface area contributed by atoms with Crippen LogP contribution in [0.25, 0.3) is 0 Å². The van der Waals surface area contributed by atoms with E-state index in [1.165, 1.54) is 5.57 Å². The molecule has 2 saturated carbocycles. The molecule has 0 aliphatic heterocycles. The number of carbonyl (C=O) groups is 1. The molecule has 0 radical (unpaired) electrons. The standard InChI is InChI=1S/C23H35NO3S/c1-5-6-7-16(2)21(25)9-8-19-20-13-17(12-18(20)14-22(19)26)10-11-28-15-23(27)24(3)4/h8-10,16,18-22,25-26H,7,11-15H2,1-4H3/t16-,18+,19-,20+,21-,22-/m1/s1. The van der Waals surface area contributed by atoms with Crippen molar-refractivity contribution >= 4 is 17.7 Å². The summed E-state index contributed by atoms with van der Waals surface area (Å²) in [7, 11) is 3.57. The normalized spacial score (nSPS) is 30.1. The van der Waals surface area contributed by atoms with Gasteiger partial charge < -0.3 is 15.1 Å². The zero-order chi connectivity index (χ0) is 20.7. The lowest BCUT2D eigenvalue weighted by molar-refractivity contribution is -0.125. The van der Waals surface area contributed by atoms with Gasteiger partial charge in [-0.3, -0.25) is 4.79 Å². The summed E-state index contributed by atoms with van der Waals surface area (Å²) in [5, 5.41) is 20.8. The fraction of sp³-hybridized carbons (Fsp3) is 0.696. The van der Waals surface area contributed by atoms with Crippen LogP contribution < -0.4 is 0 Å². The van der Waals surface area contributed by atoms with Crippen LogP contribution in [0.15, 0.2) is 23.8 Å². The molecule has 2 N–H and O–H groups in total. The van der Waals surface area contributed by atoms with Gasteiger partial charge in [-0.1, -0.05) is 30.7 Å². The number of thioether (sulfide) groups is 1. The molecule has 0 saturated heterocycles. The minimum absolute atomic E-state index is 0.0963. The van der Waals surface area contributed by atoms with Gasteiger partial charge in [-0.25, -0.2) is 0 Å². The maximum absolute atomic E-state index is 11.6. The van der Waals surface area contributed by atoms with Crippen molar-refractivity contribution in [2.24, 2.45) is 23.7 Å². The van der Waals surface area contributed by atoms with Crippen molar-refractivity contribution in [1.29, 1.82) is 0 Å². The van der Waals surface area contributed by atoms with Gasteiger partial charge in [-0.2, -0.15) is 0 Å². The number of carbonyl (C=O) groups excluding carboxylic acids is 1. The lowest BCUT2D eigenvalue weighted by Crippen LogP contribution is -2.23. The largest absolute Gasteiger partial charge is 0.392 e. The van der Waals surface area contributed by atoms with Crippen LogP contribution in [0, 0.1) is 35.5 Å². The fourth-order valence-electron chi connectivity index (χ4n) is 4.21. The minimum atomic E-state index is -0.519. The highest BCUT2D eigenvalue weighted by molar-refractivity contribution is 8.00. The first-order valence-corrected chi connectivity index (χ1v) is 11.4. The third kappa shape index (κ3) is 6.40. The molecule has 2 fully saturated rings. The molecule has 156 valence electrons. The van der Waals surface area contributed by atoms with Crippen molar-refractivity contribution in [2.75, 3.05) is 25.6 Å². The Morgan fingerprint density at radius 1 is 1.39 bits per heavy atom. The number of fused-ring (bicyclic) bond motifs is 1. The van der Waals surface area contributed by atoms with E-state index in [0.29, 0.717) is 24.0 Å². The average molecular weight is 406 g/mol. The van der Waals surface area contributed by atoms with E-state index in [1.807, 2.05) is 26.0 Å². The molecule has 4 nitrogen and oxygen atoms in total. The van der Waals surface area contributed by atoms with E-state index in [1.54, 1.807) is 30.8 Å². The first-order valence-electron chi connectivity index (χ1n) is 10.2. The molecule has 6 atom stereocenters. The highest BCUT2D eigenvalue weighted by Crippen LogP contribution is 2.50. The Morgan fingerprint density at radius 3 is 2.82 bits per heavy atom. The van der Waals surface area contributed by atoms with E-state index in [9.17, 15) is 15.0 Å². The Morgan fingerprint density at radius 2 is 2.14 bits per heavy atom. The monoisotopic (exact) mass is 405 g/mol. The van der Waals surface area contributed by atoms with E-state index in [2.05, 4.69) is 17.9 Å². The number of allylic oxidation sites excluding steroid dienone is 1. The molecule has 28 heavy (non-hydrogen) atoms. The Hall–Kier alpha value is -1.22. The first-order chi connectivity index (χ1) is 13.3. The van der Waals surface area contributed by atoms with Gasteiger partial charge in [-0.05, 0) is 43.9 Å². The summed E-state index contributed by atoms with van der Waals surface area (Å²) in [6, 6.07) is 0. The molecule has 0 unspecified atom stereocenters. The molecular formula is C23H35NO3S. The number of nitrogens with zero attached hydrogens (tertiary/aromatic N) is 1. The third-order valence-electron chi connectivity index (χ3n) is 6.04. The lowest BCUT2D eigenvalue weighted by Gasteiger charge is -2.19. The van der Waals surface area contributed by atoms with E-state index >= 15 is 0 Å². The zero-order valence-electron chi connectivity index (χ0n) is 17.6. The van der Waals surface area contributed by atoms with Crippen molar-refractivity contribution in [2.45, 2.75) is 51.7 Å².